The van der Waals surface area contributed by atoms with E-state index in [2.05, 4.69) is 47.5 Å². The summed E-state index contributed by atoms with van der Waals surface area (Å²) in [6, 6.07) is 12.4. The zero-order valence-corrected chi connectivity index (χ0v) is 12.0. The Balaban J connectivity index is 1.68. The van der Waals surface area contributed by atoms with Gasteiger partial charge in [0.15, 0.2) is 0 Å². The second-order valence-corrected chi connectivity index (χ2v) is 6.14. The molecule has 1 N–H and O–H groups in total. The summed E-state index contributed by atoms with van der Waals surface area (Å²) in [5.74, 6) is 0.965. The van der Waals surface area contributed by atoms with Crippen molar-refractivity contribution in [3.63, 3.8) is 0 Å². The Kier molecular flexibility index (Phi) is 4.19. The van der Waals surface area contributed by atoms with E-state index in [0.29, 0.717) is 6.04 Å². The van der Waals surface area contributed by atoms with Gasteiger partial charge in [-0.15, -0.1) is 0 Å². The number of nitrogens with one attached hydrogen (secondary N) is 1. The first-order valence-electron chi connectivity index (χ1n) is 7.89. The third-order valence-corrected chi connectivity index (χ3v) is 4.40. The highest BCUT2D eigenvalue weighted by Gasteiger charge is 2.29. The number of nitrogens with zero attached hydrogens (tertiary/aromatic N) is 1. The molecule has 1 unspecified atom stereocenters. The minimum atomic E-state index is 0.549. The first kappa shape index (κ1) is 13.1. The summed E-state index contributed by atoms with van der Waals surface area (Å²) in [4.78, 5) is 2.67. The standard InChI is InChI=1S/C17H26N2/c1-2-19(13-14-8-9-14)17(12-18-16-10-11-16)15-6-4-3-5-7-15/h3-7,14,16-18H,2,8-13H2,1H3. The van der Waals surface area contributed by atoms with Crippen molar-refractivity contribution < 1.29 is 0 Å². The Morgan fingerprint density at radius 2 is 1.89 bits per heavy atom. The van der Waals surface area contributed by atoms with Crippen LogP contribution in [0.4, 0.5) is 0 Å². The summed E-state index contributed by atoms with van der Waals surface area (Å²) in [7, 11) is 0. The first-order chi connectivity index (χ1) is 9.36. The Labute approximate surface area is 117 Å². The van der Waals surface area contributed by atoms with Crippen molar-refractivity contribution in [2.75, 3.05) is 19.6 Å². The van der Waals surface area contributed by atoms with Gasteiger partial charge in [0, 0.05) is 25.2 Å². The zero-order chi connectivity index (χ0) is 13.1. The van der Waals surface area contributed by atoms with Gasteiger partial charge in [-0.2, -0.15) is 0 Å². The fraction of sp³-hybridized carbons (Fsp3) is 0.647. The normalized spacial score (nSPS) is 20.7. The van der Waals surface area contributed by atoms with Crippen molar-refractivity contribution in [3.8, 4) is 0 Å². The quantitative estimate of drug-likeness (QED) is 0.770. The largest absolute Gasteiger partial charge is 0.312 e. The van der Waals surface area contributed by atoms with E-state index >= 15 is 0 Å². The fourth-order valence-electron chi connectivity index (χ4n) is 2.81. The molecule has 2 aliphatic rings. The SMILES string of the molecule is CCN(CC1CC1)C(CNC1CC1)c1ccccc1. The Morgan fingerprint density at radius 3 is 2.47 bits per heavy atom. The fourth-order valence-corrected chi connectivity index (χ4v) is 2.81. The zero-order valence-electron chi connectivity index (χ0n) is 12.0. The van der Waals surface area contributed by atoms with Crippen LogP contribution in [-0.4, -0.2) is 30.6 Å². The van der Waals surface area contributed by atoms with E-state index in [1.807, 2.05) is 0 Å². The monoisotopic (exact) mass is 258 g/mol. The first-order valence-corrected chi connectivity index (χ1v) is 7.89. The lowest BCUT2D eigenvalue weighted by Gasteiger charge is -2.31. The molecule has 2 heteroatoms. The van der Waals surface area contributed by atoms with Gasteiger partial charge in [-0.05, 0) is 43.7 Å². The van der Waals surface area contributed by atoms with Gasteiger partial charge in [0.1, 0.15) is 0 Å². The van der Waals surface area contributed by atoms with Crippen LogP contribution in [0.5, 0.6) is 0 Å². The van der Waals surface area contributed by atoms with Crippen LogP contribution in [0.1, 0.15) is 44.2 Å². The molecule has 1 aromatic carbocycles. The molecule has 0 bridgehead atoms. The molecule has 0 radical (unpaired) electrons. The van der Waals surface area contributed by atoms with Crippen LogP contribution in [0.25, 0.3) is 0 Å². The van der Waals surface area contributed by atoms with E-state index in [9.17, 15) is 0 Å². The minimum absolute atomic E-state index is 0.549. The van der Waals surface area contributed by atoms with Gasteiger partial charge in [-0.25, -0.2) is 0 Å². The molecule has 0 saturated heterocycles. The molecular formula is C17H26N2. The molecule has 0 spiro atoms. The van der Waals surface area contributed by atoms with Crippen LogP contribution in [0.3, 0.4) is 0 Å². The lowest BCUT2D eigenvalue weighted by atomic mass is 10.0. The molecule has 2 fully saturated rings. The van der Waals surface area contributed by atoms with E-state index in [-0.39, 0.29) is 0 Å². The maximum absolute atomic E-state index is 3.72. The van der Waals surface area contributed by atoms with Crippen LogP contribution in [-0.2, 0) is 0 Å². The van der Waals surface area contributed by atoms with Crippen molar-refractivity contribution in [3.05, 3.63) is 35.9 Å². The van der Waals surface area contributed by atoms with Crippen molar-refractivity contribution in [1.29, 1.82) is 0 Å². The van der Waals surface area contributed by atoms with E-state index in [1.165, 1.54) is 37.8 Å². The highest BCUT2D eigenvalue weighted by Crippen LogP contribution is 2.33. The third-order valence-electron chi connectivity index (χ3n) is 4.40. The van der Waals surface area contributed by atoms with Crippen LogP contribution in [0.2, 0.25) is 0 Å². The maximum atomic E-state index is 3.72. The molecule has 0 heterocycles. The van der Waals surface area contributed by atoms with Crippen molar-refractivity contribution in [1.82, 2.24) is 10.2 Å². The molecular weight excluding hydrogens is 232 g/mol. The van der Waals surface area contributed by atoms with Gasteiger partial charge in [0.05, 0.1) is 0 Å². The summed E-state index contributed by atoms with van der Waals surface area (Å²) < 4.78 is 0. The molecule has 3 rings (SSSR count). The van der Waals surface area contributed by atoms with Gasteiger partial charge >= 0.3 is 0 Å². The molecule has 0 aromatic heterocycles. The molecule has 0 aliphatic heterocycles. The van der Waals surface area contributed by atoms with Crippen LogP contribution < -0.4 is 5.32 Å². The molecule has 1 aromatic rings. The van der Waals surface area contributed by atoms with Crippen LogP contribution in [0.15, 0.2) is 30.3 Å². The van der Waals surface area contributed by atoms with Crippen molar-refractivity contribution >= 4 is 0 Å². The van der Waals surface area contributed by atoms with Crippen LogP contribution >= 0.6 is 0 Å². The average molecular weight is 258 g/mol. The average Bonchev–Trinajstić information content (AvgIpc) is 3.33. The minimum Gasteiger partial charge on any atom is -0.312 e. The van der Waals surface area contributed by atoms with Crippen molar-refractivity contribution in [2.45, 2.75) is 44.7 Å². The molecule has 19 heavy (non-hydrogen) atoms. The second kappa shape index (κ2) is 6.06. The Hall–Kier alpha value is -0.860. The lowest BCUT2D eigenvalue weighted by Crippen LogP contribution is -2.37. The lowest BCUT2D eigenvalue weighted by molar-refractivity contribution is 0.194. The van der Waals surface area contributed by atoms with E-state index < -0.39 is 0 Å². The molecule has 104 valence electrons. The predicted octanol–water partition coefficient (Wildman–Crippen LogP) is 3.21. The Morgan fingerprint density at radius 1 is 1.16 bits per heavy atom. The molecule has 2 aliphatic carbocycles. The number of likely N-dealkylation sites (N-methyl/N-ethyl adjacent to an activating group) is 1. The number of benzene rings is 1. The summed E-state index contributed by atoms with van der Waals surface area (Å²) in [5.41, 5.74) is 1.47. The maximum Gasteiger partial charge on any atom is 0.0472 e. The highest BCUT2D eigenvalue weighted by atomic mass is 15.2. The molecule has 2 saturated carbocycles. The molecule has 0 amide bonds. The van der Waals surface area contributed by atoms with Gasteiger partial charge < -0.3 is 5.32 Å². The van der Waals surface area contributed by atoms with Gasteiger partial charge in [0.2, 0.25) is 0 Å². The second-order valence-electron chi connectivity index (χ2n) is 6.14. The predicted molar refractivity (Wildman–Crippen MR) is 80.2 cm³/mol. The summed E-state index contributed by atoms with van der Waals surface area (Å²) in [5, 5.41) is 3.72. The Bertz CT molecular complexity index is 382. The van der Waals surface area contributed by atoms with E-state index in [0.717, 1.165) is 25.0 Å². The van der Waals surface area contributed by atoms with E-state index in [1.54, 1.807) is 0 Å². The molecule has 2 nitrogen and oxygen atoms in total. The van der Waals surface area contributed by atoms with Gasteiger partial charge in [0.25, 0.3) is 0 Å². The van der Waals surface area contributed by atoms with Gasteiger partial charge in [-0.3, -0.25) is 4.90 Å². The summed E-state index contributed by atoms with van der Waals surface area (Å²) in [6.07, 6.45) is 5.62. The highest BCUT2D eigenvalue weighted by molar-refractivity contribution is 5.19. The summed E-state index contributed by atoms with van der Waals surface area (Å²) in [6.45, 7) is 5.84. The number of hydrogen-bond acceptors (Lipinski definition) is 2. The molecule has 1 atom stereocenters. The number of hydrogen-bond donors (Lipinski definition) is 1. The third kappa shape index (κ3) is 3.80. The topological polar surface area (TPSA) is 15.3 Å². The van der Waals surface area contributed by atoms with Crippen molar-refractivity contribution in [2.24, 2.45) is 5.92 Å². The van der Waals surface area contributed by atoms with Crippen LogP contribution in [0, 0.1) is 5.92 Å². The summed E-state index contributed by atoms with van der Waals surface area (Å²) >= 11 is 0. The number of rotatable bonds is 8. The van der Waals surface area contributed by atoms with E-state index in [4.69, 9.17) is 0 Å². The smallest absolute Gasteiger partial charge is 0.0472 e. The van der Waals surface area contributed by atoms with Gasteiger partial charge in [-0.1, -0.05) is 37.3 Å².